The van der Waals surface area contributed by atoms with Crippen molar-refractivity contribution in [1.82, 2.24) is 15.3 Å². The minimum Gasteiger partial charge on any atom is -0.387 e. The van der Waals surface area contributed by atoms with Gasteiger partial charge in [-0.2, -0.15) is 0 Å². The van der Waals surface area contributed by atoms with Crippen LogP contribution in [0.1, 0.15) is 17.4 Å². The van der Waals surface area contributed by atoms with Crippen molar-refractivity contribution in [3.05, 3.63) is 22.2 Å². The zero-order chi connectivity index (χ0) is 8.55. The van der Waals surface area contributed by atoms with E-state index in [9.17, 15) is 5.11 Å². The molecular formula is C7H9N3OS. The number of aromatic amines is 1. The highest BCUT2D eigenvalue weighted by Crippen LogP contribution is 2.17. The standard InChI is InChI=1S/C7H9N3OS/c11-6-3-8-2-5-4(6)1-9-7(12)10-5/h1,6,8,11H,2-3H2,(H,9,10,12). The van der Waals surface area contributed by atoms with Gasteiger partial charge < -0.3 is 15.4 Å². The summed E-state index contributed by atoms with van der Waals surface area (Å²) < 4.78 is 0.463. The number of β-amino-alcohol motifs (C(OH)–C–C–N with tert-alkyl or cyclic N) is 1. The number of rotatable bonds is 0. The number of nitrogens with one attached hydrogen (secondary N) is 2. The fourth-order valence-electron chi connectivity index (χ4n) is 1.32. The molecule has 5 heteroatoms. The van der Waals surface area contributed by atoms with E-state index in [4.69, 9.17) is 12.2 Å². The summed E-state index contributed by atoms with van der Waals surface area (Å²) in [4.78, 5) is 6.85. The third kappa shape index (κ3) is 1.26. The van der Waals surface area contributed by atoms with Crippen LogP contribution in [0, 0.1) is 4.77 Å². The normalized spacial score (nSPS) is 21.9. The molecule has 1 aromatic heterocycles. The first-order valence-corrected chi connectivity index (χ1v) is 4.15. The second-order valence-corrected chi connectivity index (χ2v) is 3.16. The quantitative estimate of drug-likeness (QED) is 0.505. The van der Waals surface area contributed by atoms with Crippen molar-refractivity contribution in [2.75, 3.05) is 6.54 Å². The topological polar surface area (TPSA) is 60.9 Å². The van der Waals surface area contributed by atoms with Gasteiger partial charge in [-0.15, -0.1) is 0 Å². The van der Waals surface area contributed by atoms with Crippen molar-refractivity contribution in [3.63, 3.8) is 0 Å². The van der Waals surface area contributed by atoms with Gasteiger partial charge in [0.1, 0.15) is 0 Å². The van der Waals surface area contributed by atoms with E-state index in [1.165, 1.54) is 0 Å². The van der Waals surface area contributed by atoms with E-state index in [1.807, 2.05) is 0 Å². The van der Waals surface area contributed by atoms with Gasteiger partial charge >= 0.3 is 0 Å². The molecule has 0 fully saturated rings. The predicted molar refractivity (Wildman–Crippen MR) is 46.1 cm³/mol. The van der Waals surface area contributed by atoms with Gasteiger partial charge in [0.2, 0.25) is 0 Å². The van der Waals surface area contributed by atoms with Crippen molar-refractivity contribution >= 4 is 12.2 Å². The maximum absolute atomic E-state index is 9.50. The number of aliphatic hydroxyl groups excluding tert-OH is 1. The summed E-state index contributed by atoms with van der Waals surface area (Å²) >= 11 is 4.86. The lowest BCUT2D eigenvalue weighted by atomic mass is 10.1. The number of nitrogens with zero attached hydrogens (tertiary/aromatic N) is 1. The first-order chi connectivity index (χ1) is 5.77. The molecule has 0 saturated carbocycles. The third-order valence-electron chi connectivity index (χ3n) is 1.93. The van der Waals surface area contributed by atoms with Gasteiger partial charge in [-0.1, -0.05) is 0 Å². The Morgan fingerprint density at radius 3 is 3.33 bits per heavy atom. The number of hydrogen-bond acceptors (Lipinski definition) is 4. The number of fused-ring (bicyclic) bond motifs is 1. The molecule has 0 spiro atoms. The molecule has 0 aromatic carbocycles. The molecule has 0 saturated heterocycles. The molecule has 1 aromatic rings. The van der Waals surface area contributed by atoms with Crippen molar-refractivity contribution in [1.29, 1.82) is 0 Å². The molecule has 0 radical (unpaired) electrons. The zero-order valence-corrected chi connectivity index (χ0v) is 7.19. The molecule has 0 aliphatic carbocycles. The summed E-state index contributed by atoms with van der Waals surface area (Å²) in [5.41, 5.74) is 1.79. The van der Waals surface area contributed by atoms with Crippen LogP contribution in [0.3, 0.4) is 0 Å². The number of aromatic nitrogens is 2. The van der Waals surface area contributed by atoms with Crippen LogP contribution >= 0.6 is 12.2 Å². The van der Waals surface area contributed by atoms with Crippen molar-refractivity contribution in [2.24, 2.45) is 0 Å². The molecule has 0 amide bonds. The predicted octanol–water partition coefficient (Wildman–Crippen LogP) is 0.276. The van der Waals surface area contributed by atoms with E-state index in [0.717, 1.165) is 17.8 Å². The largest absolute Gasteiger partial charge is 0.387 e. The van der Waals surface area contributed by atoms with Crippen LogP contribution in [0.2, 0.25) is 0 Å². The van der Waals surface area contributed by atoms with Gasteiger partial charge in [-0.3, -0.25) is 0 Å². The average molecular weight is 183 g/mol. The molecule has 2 rings (SSSR count). The Morgan fingerprint density at radius 2 is 2.50 bits per heavy atom. The highest BCUT2D eigenvalue weighted by Gasteiger charge is 2.17. The average Bonchev–Trinajstić information content (AvgIpc) is 2.04. The molecule has 1 aliphatic rings. The molecule has 1 unspecified atom stereocenters. The number of aliphatic hydroxyl groups is 1. The molecular weight excluding hydrogens is 174 g/mol. The second-order valence-electron chi connectivity index (χ2n) is 2.77. The van der Waals surface area contributed by atoms with E-state index in [2.05, 4.69) is 15.3 Å². The minimum absolute atomic E-state index is 0.463. The second kappa shape index (κ2) is 2.93. The van der Waals surface area contributed by atoms with Crippen LogP contribution in [0.4, 0.5) is 0 Å². The molecule has 2 heterocycles. The van der Waals surface area contributed by atoms with E-state index in [0.29, 0.717) is 11.3 Å². The van der Waals surface area contributed by atoms with Crippen LogP contribution in [0.5, 0.6) is 0 Å². The highest BCUT2D eigenvalue weighted by molar-refractivity contribution is 7.71. The van der Waals surface area contributed by atoms with Crippen LogP contribution in [-0.2, 0) is 6.54 Å². The summed E-state index contributed by atoms with van der Waals surface area (Å²) in [5.74, 6) is 0. The van der Waals surface area contributed by atoms with Crippen LogP contribution < -0.4 is 5.32 Å². The Labute approximate surface area is 74.7 Å². The molecule has 64 valence electrons. The minimum atomic E-state index is -0.465. The molecule has 1 atom stereocenters. The molecule has 4 nitrogen and oxygen atoms in total. The number of hydrogen-bond donors (Lipinski definition) is 3. The van der Waals surface area contributed by atoms with Crippen molar-refractivity contribution in [2.45, 2.75) is 12.6 Å². The van der Waals surface area contributed by atoms with Gasteiger partial charge in [0.25, 0.3) is 0 Å². The monoisotopic (exact) mass is 183 g/mol. The fourth-order valence-corrected chi connectivity index (χ4v) is 1.49. The smallest absolute Gasteiger partial charge is 0.197 e. The SMILES string of the molecule is OC1CNCc2[nH]c(=S)ncc21. The maximum Gasteiger partial charge on any atom is 0.197 e. The zero-order valence-electron chi connectivity index (χ0n) is 6.37. The maximum atomic E-state index is 9.50. The fraction of sp³-hybridized carbons (Fsp3) is 0.429. The van der Waals surface area contributed by atoms with E-state index >= 15 is 0 Å². The van der Waals surface area contributed by atoms with E-state index in [-0.39, 0.29) is 0 Å². The third-order valence-corrected chi connectivity index (χ3v) is 2.13. The number of H-pyrrole nitrogens is 1. The summed E-state index contributed by atoms with van der Waals surface area (Å²) in [5, 5.41) is 12.6. The molecule has 1 aliphatic heterocycles. The van der Waals surface area contributed by atoms with Crippen LogP contribution in [0.25, 0.3) is 0 Å². The van der Waals surface area contributed by atoms with Crippen molar-refractivity contribution in [3.8, 4) is 0 Å². The van der Waals surface area contributed by atoms with Crippen LogP contribution in [0.15, 0.2) is 6.20 Å². The van der Waals surface area contributed by atoms with E-state index < -0.39 is 6.10 Å². The lowest BCUT2D eigenvalue weighted by Crippen LogP contribution is -2.29. The first-order valence-electron chi connectivity index (χ1n) is 3.74. The van der Waals surface area contributed by atoms with E-state index in [1.54, 1.807) is 6.20 Å². The molecule has 0 bridgehead atoms. The Morgan fingerprint density at radius 1 is 1.67 bits per heavy atom. The summed E-state index contributed by atoms with van der Waals surface area (Å²) in [6, 6.07) is 0. The van der Waals surface area contributed by atoms with Crippen molar-refractivity contribution < 1.29 is 5.11 Å². The Hall–Kier alpha value is -0.780. The summed E-state index contributed by atoms with van der Waals surface area (Å²) in [6.45, 7) is 1.30. The summed E-state index contributed by atoms with van der Waals surface area (Å²) in [7, 11) is 0. The molecule has 12 heavy (non-hydrogen) atoms. The Bertz CT molecular complexity index is 349. The lowest BCUT2D eigenvalue weighted by Gasteiger charge is -2.20. The van der Waals surface area contributed by atoms with Gasteiger partial charge in [0.15, 0.2) is 4.77 Å². The van der Waals surface area contributed by atoms with Gasteiger partial charge in [0.05, 0.1) is 6.10 Å². The Kier molecular flexibility index (Phi) is 1.92. The lowest BCUT2D eigenvalue weighted by molar-refractivity contribution is 0.163. The molecule has 3 N–H and O–H groups in total. The summed E-state index contributed by atoms with van der Waals surface area (Å²) in [6.07, 6.45) is 1.17. The van der Waals surface area contributed by atoms with Gasteiger partial charge in [-0.05, 0) is 12.2 Å². The Balaban J connectivity index is 2.53. The highest BCUT2D eigenvalue weighted by atomic mass is 32.1. The van der Waals surface area contributed by atoms with Gasteiger partial charge in [-0.25, -0.2) is 4.98 Å². The first kappa shape index (κ1) is 7.85. The van der Waals surface area contributed by atoms with Gasteiger partial charge in [0, 0.05) is 30.5 Å². The van der Waals surface area contributed by atoms with Crippen LogP contribution in [-0.4, -0.2) is 21.6 Å².